The van der Waals surface area contributed by atoms with Crippen molar-refractivity contribution < 1.29 is 0 Å². The number of halogens is 1. The van der Waals surface area contributed by atoms with Crippen LogP contribution >= 0.6 is 27.7 Å². The summed E-state index contributed by atoms with van der Waals surface area (Å²) in [6, 6.07) is 0. The first kappa shape index (κ1) is 14.0. The highest BCUT2D eigenvalue weighted by Gasteiger charge is 2.25. The van der Waals surface area contributed by atoms with E-state index >= 15 is 0 Å². The van der Waals surface area contributed by atoms with Crippen LogP contribution in [0.3, 0.4) is 0 Å². The number of hydrogen-bond donors (Lipinski definition) is 0. The molecule has 0 amide bonds. The first-order valence-corrected chi connectivity index (χ1v) is 7.74. The van der Waals surface area contributed by atoms with Gasteiger partial charge in [-0.1, -0.05) is 41.5 Å². The molecule has 0 saturated carbocycles. The van der Waals surface area contributed by atoms with Gasteiger partial charge in [-0.05, 0) is 30.7 Å². The lowest BCUT2D eigenvalue weighted by Gasteiger charge is -2.28. The Kier molecular flexibility index (Phi) is 5.76. The van der Waals surface area contributed by atoms with E-state index in [2.05, 4.69) is 39.7 Å². The average Bonchev–Trinajstić information content (AvgIpc) is 2.34. The van der Waals surface area contributed by atoms with Gasteiger partial charge in [0, 0.05) is 23.5 Å². The summed E-state index contributed by atoms with van der Waals surface area (Å²) in [5.41, 5.74) is 1.49. The Hall–Kier alpha value is -0.0900. The van der Waals surface area contributed by atoms with Gasteiger partial charge in [-0.3, -0.25) is 0 Å². The van der Waals surface area contributed by atoms with Gasteiger partial charge in [0.1, 0.15) is 0 Å². The molecule has 0 fully saturated rings. The number of nitrogens with zero attached hydrogens (tertiary/aromatic N) is 2. The second kappa shape index (κ2) is 6.60. The summed E-state index contributed by atoms with van der Waals surface area (Å²) in [5.74, 6) is 1.08. The third-order valence-electron chi connectivity index (χ3n) is 3.05. The topological polar surface area (TPSA) is 25.8 Å². The smallest absolute Gasteiger partial charge is 0.187 e. The maximum absolute atomic E-state index is 4.32. The van der Waals surface area contributed by atoms with E-state index in [-0.39, 0.29) is 0 Å². The molecule has 0 aliphatic heterocycles. The van der Waals surface area contributed by atoms with Crippen molar-refractivity contribution in [1.82, 2.24) is 9.97 Å². The minimum absolute atomic E-state index is 0.374. The Bertz CT molecular complexity index is 301. The molecule has 1 aromatic heterocycles. The summed E-state index contributed by atoms with van der Waals surface area (Å²) in [6.07, 6.45) is 6.13. The van der Waals surface area contributed by atoms with Crippen molar-refractivity contribution in [2.24, 2.45) is 5.41 Å². The average molecular weight is 303 g/mol. The molecule has 0 saturated heterocycles. The molecular formula is C12H19BrN2S. The van der Waals surface area contributed by atoms with E-state index in [1.54, 1.807) is 11.8 Å². The van der Waals surface area contributed by atoms with Gasteiger partial charge in [0.2, 0.25) is 0 Å². The third kappa shape index (κ3) is 3.74. The fourth-order valence-corrected chi connectivity index (χ4v) is 3.81. The molecule has 0 aliphatic rings. The second-order valence-electron chi connectivity index (χ2n) is 4.17. The van der Waals surface area contributed by atoms with E-state index in [0.29, 0.717) is 5.41 Å². The maximum atomic E-state index is 4.32. The highest BCUT2D eigenvalue weighted by atomic mass is 79.9. The van der Waals surface area contributed by atoms with Crippen molar-refractivity contribution in [3.8, 4) is 0 Å². The van der Waals surface area contributed by atoms with Crippen molar-refractivity contribution in [3.63, 3.8) is 0 Å². The van der Waals surface area contributed by atoms with Crippen LogP contribution in [0.25, 0.3) is 0 Å². The minimum atomic E-state index is 0.374. The van der Waals surface area contributed by atoms with Crippen LogP contribution in [0.5, 0.6) is 0 Å². The Balaban J connectivity index is 2.58. The van der Waals surface area contributed by atoms with Crippen LogP contribution in [-0.2, 0) is 0 Å². The summed E-state index contributed by atoms with van der Waals surface area (Å²) in [4.78, 5) is 8.64. The molecule has 0 unspecified atom stereocenters. The molecule has 0 N–H and O–H groups in total. The summed E-state index contributed by atoms with van der Waals surface area (Å²) in [5, 5.41) is 1.93. The lowest BCUT2D eigenvalue weighted by Crippen LogP contribution is -2.23. The summed E-state index contributed by atoms with van der Waals surface area (Å²) < 4.78 is 0. The number of thioether (sulfide) groups is 1. The highest BCUT2D eigenvalue weighted by Crippen LogP contribution is 2.34. The van der Waals surface area contributed by atoms with Crippen molar-refractivity contribution >= 4 is 27.7 Å². The van der Waals surface area contributed by atoms with Gasteiger partial charge >= 0.3 is 0 Å². The van der Waals surface area contributed by atoms with Crippen LogP contribution in [0, 0.1) is 12.3 Å². The van der Waals surface area contributed by atoms with Crippen molar-refractivity contribution in [1.29, 1.82) is 0 Å². The van der Waals surface area contributed by atoms with Gasteiger partial charge in [-0.2, -0.15) is 0 Å². The van der Waals surface area contributed by atoms with Crippen molar-refractivity contribution in [3.05, 3.63) is 18.0 Å². The van der Waals surface area contributed by atoms with Gasteiger partial charge in [0.25, 0.3) is 0 Å². The quantitative estimate of drug-likeness (QED) is 0.450. The molecule has 4 heteroatoms. The van der Waals surface area contributed by atoms with E-state index in [9.17, 15) is 0 Å². The Labute approximate surface area is 111 Å². The van der Waals surface area contributed by atoms with Gasteiger partial charge in [-0.15, -0.1) is 0 Å². The summed E-state index contributed by atoms with van der Waals surface area (Å²) >= 11 is 5.38. The number of alkyl halides is 1. The normalized spacial score (nSPS) is 11.8. The van der Waals surface area contributed by atoms with E-state index in [1.807, 2.05) is 19.3 Å². The molecule has 16 heavy (non-hydrogen) atoms. The predicted octanol–water partition coefficient (Wildman–Crippen LogP) is 4.08. The lowest BCUT2D eigenvalue weighted by atomic mass is 9.87. The fourth-order valence-electron chi connectivity index (χ4n) is 1.35. The van der Waals surface area contributed by atoms with Crippen molar-refractivity contribution in [2.75, 3.05) is 11.1 Å². The van der Waals surface area contributed by atoms with Gasteiger partial charge < -0.3 is 0 Å². The zero-order chi connectivity index (χ0) is 12.0. The Morgan fingerprint density at radius 1 is 1.25 bits per heavy atom. The molecule has 0 bridgehead atoms. The van der Waals surface area contributed by atoms with Crippen LogP contribution in [0.15, 0.2) is 17.6 Å². The van der Waals surface area contributed by atoms with Crippen LogP contribution in [0.1, 0.15) is 32.3 Å². The van der Waals surface area contributed by atoms with E-state index in [0.717, 1.165) is 21.8 Å². The van der Waals surface area contributed by atoms with Crippen LogP contribution in [0.2, 0.25) is 0 Å². The molecule has 0 atom stereocenters. The number of aromatic nitrogens is 2. The molecule has 2 nitrogen and oxygen atoms in total. The second-order valence-corrected chi connectivity index (χ2v) is 5.68. The van der Waals surface area contributed by atoms with Crippen LogP contribution in [-0.4, -0.2) is 21.1 Å². The Morgan fingerprint density at radius 3 is 2.25 bits per heavy atom. The minimum Gasteiger partial charge on any atom is -0.231 e. The molecule has 1 aromatic rings. The van der Waals surface area contributed by atoms with Crippen LogP contribution in [0.4, 0.5) is 0 Å². The van der Waals surface area contributed by atoms with Gasteiger partial charge in [-0.25, -0.2) is 9.97 Å². The fraction of sp³-hybridized carbons (Fsp3) is 0.667. The van der Waals surface area contributed by atoms with Gasteiger partial charge in [0.15, 0.2) is 5.16 Å². The number of hydrogen-bond acceptors (Lipinski definition) is 3. The number of rotatable bonds is 6. The molecule has 1 heterocycles. The molecule has 0 aliphatic carbocycles. The van der Waals surface area contributed by atoms with Gasteiger partial charge in [0.05, 0.1) is 0 Å². The highest BCUT2D eigenvalue weighted by molar-refractivity contribution is 9.09. The third-order valence-corrected chi connectivity index (χ3v) is 5.46. The summed E-state index contributed by atoms with van der Waals surface area (Å²) in [6.45, 7) is 6.51. The molecular weight excluding hydrogens is 284 g/mol. The largest absolute Gasteiger partial charge is 0.231 e. The van der Waals surface area contributed by atoms with E-state index in [4.69, 9.17) is 0 Å². The van der Waals surface area contributed by atoms with E-state index < -0.39 is 0 Å². The monoisotopic (exact) mass is 302 g/mol. The Morgan fingerprint density at radius 2 is 1.81 bits per heavy atom. The lowest BCUT2D eigenvalue weighted by molar-refractivity contribution is 0.359. The number of aryl methyl sites for hydroxylation is 1. The molecule has 90 valence electrons. The van der Waals surface area contributed by atoms with E-state index in [1.165, 1.54) is 12.8 Å². The van der Waals surface area contributed by atoms with Crippen LogP contribution < -0.4 is 0 Å². The zero-order valence-electron chi connectivity index (χ0n) is 10.2. The predicted molar refractivity (Wildman–Crippen MR) is 74.3 cm³/mol. The zero-order valence-corrected chi connectivity index (χ0v) is 12.6. The maximum Gasteiger partial charge on any atom is 0.187 e. The molecule has 1 rings (SSSR count). The first-order chi connectivity index (χ1) is 7.65. The first-order valence-electron chi connectivity index (χ1n) is 5.63. The summed E-state index contributed by atoms with van der Waals surface area (Å²) in [7, 11) is 0. The molecule has 0 radical (unpaired) electrons. The van der Waals surface area contributed by atoms with Crippen molar-refractivity contribution in [2.45, 2.75) is 38.8 Å². The molecule has 0 aromatic carbocycles. The SMILES string of the molecule is CCC(CC)(CBr)CSc1ncc(C)cn1. The molecule has 0 spiro atoms. The standard InChI is InChI=1S/C12H19BrN2S/c1-4-12(5-2,8-13)9-16-11-14-6-10(3)7-15-11/h6-7H,4-5,8-9H2,1-3H3.